The van der Waals surface area contributed by atoms with Gasteiger partial charge in [0.2, 0.25) is 0 Å². The number of pyridine rings is 1. The molecule has 1 aromatic rings. The lowest BCUT2D eigenvalue weighted by Crippen LogP contribution is -2.29. The summed E-state index contributed by atoms with van der Waals surface area (Å²) in [5.41, 5.74) is 0.948. The molecule has 6 heteroatoms. The van der Waals surface area contributed by atoms with E-state index in [2.05, 4.69) is 10.1 Å². The average Bonchev–Trinajstić information content (AvgIpc) is 2.22. The summed E-state index contributed by atoms with van der Waals surface area (Å²) in [7, 11) is 1.85. The van der Waals surface area contributed by atoms with Gasteiger partial charge in [0.05, 0.1) is 16.1 Å². The van der Waals surface area contributed by atoms with Crippen LogP contribution < -0.4 is 0 Å². The maximum Gasteiger partial charge on any atom is 0.152 e. The number of aromatic nitrogens is 1. The first kappa shape index (κ1) is 11.7. The Morgan fingerprint density at radius 2 is 2.38 bits per heavy atom. The second-order valence-corrected chi connectivity index (χ2v) is 5.30. The third-order valence-corrected chi connectivity index (χ3v) is 3.68. The van der Waals surface area contributed by atoms with Gasteiger partial charge >= 0.3 is 0 Å². The van der Waals surface area contributed by atoms with E-state index in [-0.39, 0.29) is 10.9 Å². The third-order valence-electron chi connectivity index (χ3n) is 2.23. The van der Waals surface area contributed by atoms with Gasteiger partial charge in [-0.05, 0) is 13.0 Å². The summed E-state index contributed by atoms with van der Waals surface area (Å²) < 4.78 is 13.7. The van der Waals surface area contributed by atoms with E-state index < -0.39 is 5.82 Å². The highest BCUT2D eigenvalue weighted by molar-refractivity contribution is 8.00. The Bertz CT molecular complexity index is 438. The first-order valence-corrected chi connectivity index (χ1v) is 6.23. The molecule has 0 aliphatic carbocycles. The topological polar surface area (TPSA) is 28.5 Å². The number of hydrazone groups is 1. The van der Waals surface area contributed by atoms with Crippen LogP contribution in [0.3, 0.4) is 0 Å². The van der Waals surface area contributed by atoms with Crippen molar-refractivity contribution in [3.05, 3.63) is 28.8 Å². The minimum Gasteiger partial charge on any atom is -0.290 e. The molecule has 0 aromatic carbocycles. The van der Waals surface area contributed by atoms with Crippen LogP contribution in [0, 0.1) is 5.82 Å². The van der Waals surface area contributed by atoms with E-state index in [0.29, 0.717) is 10.7 Å². The van der Waals surface area contributed by atoms with Crippen molar-refractivity contribution in [2.75, 3.05) is 12.9 Å². The summed E-state index contributed by atoms with van der Waals surface area (Å²) in [6.45, 7) is 1.99. The molecule has 2 heterocycles. The largest absolute Gasteiger partial charge is 0.290 e. The number of nitrogens with zero attached hydrogens (tertiary/aromatic N) is 3. The van der Waals surface area contributed by atoms with Crippen LogP contribution in [0.15, 0.2) is 17.4 Å². The van der Waals surface area contributed by atoms with Crippen LogP contribution >= 0.6 is 23.4 Å². The fourth-order valence-electron chi connectivity index (χ4n) is 1.44. The molecule has 1 aromatic heterocycles. The zero-order valence-electron chi connectivity index (χ0n) is 8.94. The fraction of sp³-hybridized carbons (Fsp3) is 0.400. The lowest BCUT2D eigenvalue weighted by Gasteiger charge is -2.25. The second-order valence-electron chi connectivity index (χ2n) is 3.56. The number of hydrogen-bond donors (Lipinski definition) is 0. The van der Waals surface area contributed by atoms with Crippen molar-refractivity contribution in [3.8, 4) is 0 Å². The summed E-state index contributed by atoms with van der Waals surface area (Å²) in [4.78, 5) is 4.01. The van der Waals surface area contributed by atoms with Crippen molar-refractivity contribution in [2.24, 2.45) is 5.10 Å². The molecule has 2 rings (SSSR count). The molecule has 16 heavy (non-hydrogen) atoms. The molecule has 1 atom stereocenters. The SMILES string of the molecule is CC1SCN(C)N=C1c1ncc(Cl)cc1F. The van der Waals surface area contributed by atoms with Crippen molar-refractivity contribution in [1.82, 2.24) is 9.99 Å². The Labute approximate surface area is 103 Å². The van der Waals surface area contributed by atoms with E-state index in [1.165, 1.54) is 12.3 Å². The highest BCUT2D eigenvalue weighted by atomic mass is 35.5. The van der Waals surface area contributed by atoms with Gasteiger partial charge in [0.25, 0.3) is 0 Å². The first-order valence-electron chi connectivity index (χ1n) is 4.80. The standard InChI is InChI=1S/C10H11ClFN3S/c1-6-9(14-15(2)5-16-6)10-8(12)3-7(11)4-13-10/h3-4,6H,5H2,1-2H3. The van der Waals surface area contributed by atoms with Crippen molar-refractivity contribution in [2.45, 2.75) is 12.2 Å². The minimum atomic E-state index is -0.422. The summed E-state index contributed by atoms with van der Waals surface area (Å²) in [6, 6.07) is 1.26. The molecule has 1 aliphatic heterocycles. The maximum absolute atomic E-state index is 13.7. The van der Waals surface area contributed by atoms with Gasteiger partial charge in [-0.15, -0.1) is 11.8 Å². The molecule has 0 amide bonds. The highest BCUT2D eigenvalue weighted by Gasteiger charge is 2.23. The second kappa shape index (κ2) is 4.59. The summed E-state index contributed by atoms with van der Waals surface area (Å²) in [6.07, 6.45) is 1.44. The quantitative estimate of drug-likeness (QED) is 0.776. The maximum atomic E-state index is 13.7. The van der Waals surface area contributed by atoms with Crippen LogP contribution in [-0.4, -0.2) is 33.9 Å². The molecular formula is C10H11ClFN3S. The molecule has 0 N–H and O–H groups in total. The lowest BCUT2D eigenvalue weighted by atomic mass is 10.2. The molecule has 0 spiro atoms. The Kier molecular flexibility index (Phi) is 3.35. The van der Waals surface area contributed by atoms with E-state index >= 15 is 0 Å². The van der Waals surface area contributed by atoms with Gasteiger partial charge in [-0.25, -0.2) is 4.39 Å². The molecule has 0 bridgehead atoms. The van der Waals surface area contributed by atoms with Gasteiger partial charge in [0.1, 0.15) is 11.4 Å². The van der Waals surface area contributed by atoms with Crippen LogP contribution in [0.5, 0.6) is 0 Å². The molecule has 0 saturated carbocycles. The van der Waals surface area contributed by atoms with E-state index in [1.54, 1.807) is 16.8 Å². The van der Waals surface area contributed by atoms with Crippen LogP contribution in [-0.2, 0) is 0 Å². The molecule has 1 aliphatic rings. The van der Waals surface area contributed by atoms with Crippen molar-refractivity contribution in [1.29, 1.82) is 0 Å². The number of thioether (sulfide) groups is 1. The first-order chi connectivity index (χ1) is 7.58. The number of rotatable bonds is 1. The normalized spacial score (nSPS) is 20.9. The van der Waals surface area contributed by atoms with E-state index in [9.17, 15) is 4.39 Å². The minimum absolute atomic E-state index is 0.138. The highest BCUT2D eigenvalue weighted by Crippen LogP contribution is 2.24. The van der Waals surface area contributed by atoms with E-state index in [0.717, 1.165) is 5.88 Å². The lowest BCUT2D eigenvalue weighted by molar-refractivity contribution is 0.414. The smallest absolute Gasteiger partial charge is 0.152 e. The van der Waals surface area contributed by atoms with Crippen molar-refractivity contribution >= 4 is 29.1 Å². The van der Waals surface area contributed by atoms with E-state index in [1.807, 2.05) is 14.0 Å². The van der Waals surface area contributed by atoms with Gasteiger partial charge in [-0.2, -0.15) is 5.10 Å². The fourth-order valence-corrected chi connectivity index (χ4v) is 2.39. The van der Waals surface area contributed by atoms with E-state index in [4.69, 9.17) is 11.6 Å². The Morgan fingerprint density at radius 3 is 3.06 bits per heavy atom. The molecule has 3 nitrogen and oxygen atoms in total. The van der Waals surface area contributed by atoms with Crippen LogP contribution in [0.25, 0.3) is 0 Å². The van der Waals surface area contributed by atoms with Gasteiger partial charge < -0.3 is 0 Å². The Hall–Kier alpha value is -0.810. The number of halogens is 2. The molecule has 1 unspecified atom stereocenters. The Balaban J connectivity index is 2.42. The van der Waals surface area contributed by atoms with Crippen LogP contribution in [0.2, 0.25) is 5.02 Å². The Morgan fingerprint density at radius 1 is 1.62 bits per heavy atom. The predicted octanol–water partition coefficient (Wildman–Crippen LogP) is 2.60. The van der Waals surface area contributed by atoms with Gasteiger partial charge in [0.15, 0.2) is 5.82 Å². The van der Waals surface area contributed by atoms with Crippen molar-refractivity contribution < 1.29 is 4.39 Å². The monoisotopic (exact) mass is 259 g/mol. The van der Waals surface area contributed by atoms with Gasteiger partial charge in [-0.1, -0.05) is 11.6 Å². The zero-order valence-corrected chi connectivity index (χ0v) is 10.5. The summed E-state index contributed by atoms with van der Waals surface area (Å²) in [5.74, 6) is 0.383. The molecule has 86 valence electrons. The molecular weight excluding hydrogens is 249 g/mol. The van der Waals surface area contributed by atoms with Crippen LogP contribution in [0.4, 0.5) is 4.39 Å². The van der Waals surface area contributed by atoms with Crippen molar-refractivity contribution in [3.63, 3.8) is 0 Å². The van der Waals surface area contributed by atoms with Gasteiger partial charge in [0, 0.05) is 13.2 Å². The van der Waals surface area contributed by atoms with Gasteiger partial charge in [-0.3, -0.25) is 9.99 Å². The molecule has 0 saturated heterocycles. The number of hydrogen-bond acceptors (Lipinski definition) is 4. The molecule has 0 fully saturated rings. The predicted molar refractivity (Wildman–Crippen MR) is 65.4 cm³/mol. The summed E-state index contributed by atoms with van der Waals surface area (Å²) in [5, 5.41) is 6.52. The zero-order chi connectivity index (χ0) is 11.7. The summed E-state index contributed by atoms with van der Waals surface area (Å²) >= 11 is 7.36. The molecule has 0 radical (unpaired) electrons. The van der Waals surface area contributed by atoms with Crippen LogP contribution in [0.1, 0.15) is 12.6 Å². The third kappa shape index (κ3) is 2.30. The average molecular weight is 260 g/mol.